The summed E-state index contributed by atoms with van der Waals surface area (Å²) in [6.07, 6.45) is -0.464. The largest absolute Gasteiger partial charge is 0.480 e. The fraction of sp³-hybridized carbons (Fsp3) is 0.640. The molecule has 12 heteroatoms. The van der Waals surface area contributed by atoms with Crippen LogP contribution in [0.25, 0.3) is 0 Å². The van der Waals surface area contributed by atoms with Gasteiger partial charge in [-0.05, 0) is 43.9 Å². The number of nitrogens with one attached hydrogen (secondary N) is 1. The van der Waals surface area contributed by atoms with Crippen LogP contribution in [0.3, 0.4) is 0 Å². The minimum absolute atomic E-state index is 0.0445. The van der Waals surface area contributed by atoms with Gasteiger partial charge in [0.05, 0.1) is 13.1 Å². The molecule has 3 rings (SSSR count). The molecule has 2 aliphatic rings. The van der Waals surface area contributed by atoms with Gasteiger partial charge >= 0.3 is 18.2 Å². The Morgan fingerprint density at radius 2 is 1.81 bits per heavy atom. The second-order valence-electron chi connectivity index (χ2n) is 11.0. The van der Waals surface area contributed by atoms with Gasteiger partial charge in [0.2, 0.25) is 5.91 Å². The van der Waals surface area contributed by atoms with Crippen molar-refractivity contribution in [2.24, 2.45) is 5.92 Å². The number of nitrogens with zero attached hydrogens (tertiary/aromatic N) is 4. The van der Waals surface area contributed by atoms with Crippen LogP contribution in [0.2, 0.25) is 0 Å². The Bertz CT molecular complexity index is 1050. The first kappa shape index (κ1) is 28.0. The molecule has 0 radical (unpaired) electrons. The summed E-state index contributed by atoms with van der Waals surface area (Å²) in [6.45, 7) is 9.19. The second-order valence-corrected chi connectivity index (χ2v) is 11.0. The molecule has 0 aromatic carbocycles. The molecule has 1 fully saturated rings. The summed E-state index contributed by atoms with van der Waals surface area (Å²) in [7, 11) is 3.77. The van der Waals surface area contributed by atoms with E-state index in [-0.39, 0.29) is 18.9 Å². The number of rotatable bonds is 6. The van der Waals surface area contributed by atoms with Crippen molar-refractivity contribution in [3.8, 4) is 0 Å². The minimum atomic E-state index is -1.21. The number of hydrogen-bond acceptors (Lipinski definition) is 8. The van der Waals surface area contributed by atoms with Crippen LogP contribution >= 0.6 is 0 Å². The Balaban J connectivity index is 1.66. The highest BCUT2D eigenvalue weighted by atomic mass is 16.6. The normalized spacial score (nSPS) is 19.9. The topological polar surface area (TPSA) is 142 Å². The van der Waals surface area contributed by atoms with Crippen LogP contribution in [0.15, 0.2) is 12.3 Å². The van der Waals surface area contributed by atoms with E-state index in [0.29, 0.717) is 13.1 Å². The zero-order valence-electron chi connectivity index (χ0n) is 22.5. The fourth-order valence-electron chi connectivity index (χ4n) is 4.35. The third-order valence-corrected chi connectivity index (χ3v) is 6.21. The quantitative estimate of drug-likeness (QED) is 0.578. The molecule has 37 heavy (non-hydrogen) atoms. The van der Waals surface area contributed by atoms with E-state index >= 15 is 0 Å². The van der Waals surface area contributed by atoms with E-state index in [2.05, 4.69) is 10.3 Å². The van der Waals surface area contributed by atoms with Crippen LogP contribution < -0.4 is 10.2 Å². The van der Waals surface area contributed by atoms with Gasteiger partial charge in [0, 0.05) is 33.3 Å². The van der Waals surface area contributed by atoms with Crippen LogP contribution in [-0.4, -0.2) is 88.4 Å². The molecule has 1 saturated heterocycles. The first-order valence-electron chi connectivity index (χ1n) is 12.3. The van der Waals surface area contributed by atoms with E-state index in [9.17, 15) is 24.3 Å². The second kappa shape index (κ2) is 10.8. The van der Waals surface area contributed by atoms with E-state index in [0.717, 1.165) is 21.8 Å². The van der Waals surface area contributed by atoms with Gasteiger partial charge in [-0.2, -0.15) is 0 Å². The van der Waals surface area contributed by atoms with Crippen molar-refractivity contribution in [3.63, 3.8) is 0 Å². The lowest BCUT2D eigenvalue weighted by Crippen LogP contribution is -2.54. The SMILES string of the molecule is CC(C)[C@H](NC(=O)OC(C)(C)C)C(=O)N1C[C@H](OC(=O)N2Cc3cnc(N(C)C)cc3C2)C[C@H]1C(=O)O. The van der Waals surface area contributed by atoms with Gasteiger partial charge in [-0.3, -0.25) is 9.69 Å². The molecule has 1 aromatic heterocycles. The molecule has 0 aliphatic carbocycles. The standard InChI is InChI=1S/C25H37N5O7/c1-14(2)20(27-23(34)37-25(3,4)5)21(31)30-13-17(9-18(30)22(32)33)36-24(35)29-11-15-8-19(28(6)7)26-10-16(15)12-29/h8,10,14,17-18,20H,9,11-13H2,1-7H3,(H,27,34)(H,32,33)/t17-,18+,20+/m1/s1. The van der Waals surface area contributed by atoms with E-state index < -0.39 is 47.9 Å². The number of fused-ring (bicyclic) bond motifs is 1. The number of carboxylic acid groups (broad SMARTS) is 1. The number of amides is 3. The molecule has 12 nitrogen and oxygen atoms in total. The van der Waals surface area contributed by atoms with Gasteiger partial charge in [0.25, 0.3) is 0 Å². The average Bonchev–Trinajstić information content (AvgIpc) is 3.39. The maximum absolute atomic E-state index is 13.4. The summed E-state index contributed by atoms with van der Waals surface area (Å²) in [5.74, 6) is -1.33. The zero-order chi connectivity index (χ0) is 27.7. The summed E-state index contributed by atoms with van der Waals surface area (Å²) in [6, 6.07) is -0.268. The summed E-state index contributed by atoms with van der Waals surface area (Å²) in [4.78, 5) is 59.5. The number of carbonyl (C=O) groups excluding carboxylic acids is 3. The maximum Gasteiger partial charge on any atom is 0.410 e. The molecule has 0 spiro atoms. The molecule has 1 aromatic rings. The molecule has 3 heterocycles. The Labute approximate surface area is 216 Å². The Morgan fingerprint density at radius 1 is 1.16 bits per heavy atom. The van der Waals surface area contributed by atoms with Gasteiger partial charge in [-0.25, -0.2) is 19.4 Å². The number of pyridine rings is 1. The smallest absolute Gasteiger partial charge is 0.410 e. The fourth-order valence-corrected chi connectivity index (χ4v) is 4.35. The Hall–Kier alpha value is -3.57. The lowest BCUT2D eigenvalue weighted by Gasteiger charge is -2.30. The van der Waals surface area contributed by atoms with Crippen LogP contribution in [0, 0.1) is 5.92 Å². The first-order valence-corrected chi connectivity index (χ1v) is 12.3. The molecule has 204 valence electrons. The average molecular weight is 520 g/mol. The highest BCUT2D eigenvalue weighted by molar-refractivity contribution is 5.90. The van der Waals surface area contributed by atoms with Crippen molar-refractivity contribution >= 4 is 29.9 Å². The highest BCUT2D eigenvalue weighted by Gasteiger charge is 2.45. The van der Waals surface area contributed by atoms with Crippen LogP contribution in [0.5, 0.6) is 0 Å². The molecular weight excluding hydrogens is 482 g/mol. The predicted molar refractivity (Wildman–Crippen MR) is 134 cm³/mol. The van der Waals surface area contributed by atoms with E-state index in [1.54, 1.807) is 40.8 Å². The number of ether oxygens (including phenoxy) is 2. The molecule has 0 unspecified atom stereocenters. The number of carboxylic acids is 1. The van der Waals surface area contributed by atoms with Gasteiger partial charge in [0.15, 0.2) is 0 Å². The van der Waals surface area contributed by atoms with Gasteiger partial charge < -0.3 is 29.7 Å². The third kappa shape index (κ3) is 6.80. The van der Waals surface area contributed by atoms with Crippen molar-refractivity contribution in [2.75, 3.05) is 25.5 Å². The number of likely N-dealkylation sites (tertiary alicyclic amines) is 1. The monoisotopic (exact) mass is 519 g/mol. The summed E-state index contributed by atoms with van der Waals surface area (Å²) < 4.78 is 10.9. The molecule has 2 aliphatic heterocycles. The van der Waals surface area contributed by atoms with Gasteiger partial charge in [-0.1, -0.05) is 13.8 Å². The maximum atomic E-state index is 13.4. The molecule has 3 atom stereocenters. The predicted octanol–water partition coefficient (Wildman–Crippen LogP) is 2.20. The van der Waals surface area contributed by atoms with Gasteiger partial charge in [0.1, 0.15) is 29.6 Å². The third-order valence-electron chi connectivity index (χ3n) is 6.21. The van der Waals surface area contributed by atoms with Crippen LogP contribution in [-0.2, 0) is 32.2 Å². The van der Waals surface area contributed by atoms with Crippen molar-refractivity contribution in [3.05, 3.63) is 23.4 Å². The van der Waals surface area contributed by atoms with Crippen molar-refractivity contribution in [1.29, 1.82) is 0 Å². The lowest BCUT2D eigenvalue weighted by molar-refractivity contribution is -0.149. The van der Waals surface area contributed by atoms with E-state index in [1.165, 1.54) is 4.90 Å². The number of carbonyl (C=O) groups is 4. The highest BCUT2D eigenvalue weighted by Crippen LogP contribution is 2.28. The van der Waals surface area contributed by atoms with Crippen molar-refractivity contribution in [2.45, 2.75) is 77.9 Å². The Kier molecular flexibility index (Phi) is 8.19. The Morgan fingerprint density at radius 3 is 2.38 bits per heavy atom. The first-order chi connectivity index (χ1) is 17.2. The number of anilines is 1. The van der Waals surface area contributed by atoms with Crippen LogP contribution in [0.4, 0.5) is 15.4 Å². The summed E-state index contributed by atoms with van der Waals surface area (Å²) in [5, 5.41) is 12.3. The van der Waals surface area contributed by atoms with Crippen LogP contribution in [0.1, 0.15) is 52.2 Å². The summed E-state index contributed by atoms with van der Waals surface area (Å²) >= 11 is 0. The molecular formula is C25H37N5O7. The zero-order valence-corrected chi connectivity index (χ0v) is 22.5. The number of aliphatic carboxylic acids is 1. The number of aromatic nitrogens is 1. The molecule has 0 saturated carbocycles. The van der Waals surface area contributed by atoms with E-state index in [4.69, 9.17) is 9.47 Å². The minimum Gasteiger partial charge on any atom is -0.480 e. The number of hydrogen-bond donors (Lipinski definition) is 2. The number of alkyl carbamates (subject to hydrolysis) is 1. The molecule has 0 bridgehead atoms. The molecule has 2 N–H and O–H groups in total. The molecule has 3 amide bonds. The van der Waals surface area contributed by atoms with Crippen molar-refractivity contribution < 1.29 is 33.8 Å². The lowest BCUT2D eigenvalue weighted by atomic mass is 10.0. The van der Waals surface area contributed by atoms with E-state index in [1.807, 2.05) is 25.1 Å². The van der Waals surface area contributed by atoms with Crippen molar-refractivity contribution in [1.82, 2.24) is 20.1 Å². The van der Waals surface area contributed by atoms with Gasteiger partial charge in [-0.15, -0.1) is 0 Å². The summed E-state index contributed by atoms with van der Waals surface area (Å²) in [5.41, 5.74) is 1.13.